The van der Waals surface area contributed by atoms with Gasteiger partial charge in [0.2, 0.25) is 0 Å². The Morgan fingerprint density at radius 2 is 1.89 bits per heavy atom. The number of ketones is 1. The largest absolute Gasteiger partial charge is 0.298 e. The highest BCUT2D eigenvalue weighted by Gasteiger charge is 2.41. The van der Waals surface area contributed by atoms with E-state index in [-0.39, 0.29) is 11.3 Å². The lowest BCUT2D eigenvalue weighted by Gasteiger charge is -2.31. The molecule has 1 saturated carbocycles. The number of hydrogen-bond donors (Lipinski definition) is 0. The number of aryl methyl sites for hydroxylation is 1. The minimum atomic E-state index is -0.0326. The Balaban J connectivity index is 1.92. The highest BCUT2D eigenvalue weighted by molar-refractivity contribution is 5.91. The molecule has 1 aromatic rings. The molecule has 1 nitrogen and oxygen atoms in total. The zero-order valence-electron chi connectivity index (χ0n) is 11.2. The molecular formula is C17H22O. The van der Waals surface area contributed by atoms with Crippen molar-refractivity contribution >= 4 is 5.78 Å². The van der Waals surface area contributed by atoms with Gasteiger partial charge in [0.15, 0.2) is 0 Å². The van der Waals surface area contributed by atoms with Crippen LogP contribution in [0, 0.1) is 5.41 Å². The van der Waals surface area contributed by atoms with Crippen molar-refractivity contribution in [1.82, 2.24) is 0 Å². The molecule has 96 valence electrons. The number of fused-ring (bicyclic) bond motifs is 1. The molecule has 0 aromatic heterocycles. The van der Waals surface area contributed by atoms with Crippen LogP contribution in [0.15, 0.2) is 24.3 Å². The molecule has 2 aliphatic rings. The average Bonchev–Trinajstić information content (AvgIpc) is 2.85. The third kappa shape index (κ3) is 1.90. The highest BCUT2D eigenvalue weighted by atomic mass is 16.1. The van der Waals surface area contributed by atoms with Crippen LogP contribution in [0.3, 0.4) is 0 Å². The fourth-order valence-corrected chi connectivity index (χ4v) is 3.85. The van der Waals surface area contributed by atoms with Crippen molar-refractivity contribution in [3.05, 3.63) is 35.4 Å². The van der Waals surface area contributed by atoms with Crippen molar-refractivity contribution in [2.45, 2.75) is 57.8 Å². The Morgan fingerprint density at radius 1 is 1.17 bits per heavy atom. The lowest BCUT2D eigenvalue weighted by molar-refractivity contribution is -0.129. The molecule has 1 fully saturated rings. The molecule has 0 radical (unpaired) electrons. The summed E-state index contributed by atoms with van der Waals surface area (Å²) in [5.41, 5.74) is 2.69. The first-order chi connectivity index (χ1) is 8.71. The molecule has 1 aromatic carbocycles. The van der Waals surface area contributed by atoms with E-state index in [0.717, 1.165) is 25.7 Å². The van der Waals surface area contributed by atoms with Gasteiger partial charge in [0.25, 0.3) is 0 Å². The van der Waals surface area contributed by atoms with Crippen LogP contribution in [0.1, 0.15) is 62.5 Å². The molecule has 0 aliphatic heterocycles. The van der Waals surface area contributed by atoms with Crippen LogP contribution in [-0.4, -0.2) is 5.78 Å². The zero-order valence-corrected chi connectivity index (χ0v) is 11.2. The van der Waals surface area contributed by atoms with Crippen molar-refractivity contribution < 1.29 is 4.79 Å². The van der Waals surface area contributed by atoms with Crippen molar-refractivity contribution in [1.29, 1.82) is 0 Å². The SMILES string of the molecule is CC1(C(=O)C2CCCc3ccccc32)CCCC1. The van der Waals surface area contributed by atoms with Crippen molar-refractivity contribution in [2.75, 3.05) is 0 Å². The van der Waals surface area contributed by atoms with Gasteiger partial charge in [0, 0.05) is 11.3 Å². The average molecular weight is 242 g/mol. The maximum absolute atomic E-state index is 12.9. The molecule has 0 amide bonds. The summed E-state index contributed by atoms with van der Waals surface area (Å²) >= 11 is 0. The second-order valence-corrected chi connectivity index (χ2v) is 6.28. The second-order valence-electron chi connectivity index (χ2n) is 6.28. The first kappa shape index (κ1) is 12.0. The summed E-state index contributed by atoms with van der Waals surface area (Å²) in [6, 6.07) is 8.56. The Bertz CT molecular complexity index is 454. The Kier molecular flexibility index (Phi) is 3.01. The first-order valence-corrected chi connectivity index (χ1v) is 7.33. The van der Waals surface area contributed by atoms with E-state index in [4.69, 9.17) is 0 Å². The molecule has 2 aliphatic carbocycles. The van der Waals surface area contributed by atoms with Gasteiger partial charge in [-0.05, 0) is 43.2 Å². The Hall–Kier alpha value is -1.11. The van der Waals surface area contributed by atoms with E-state index < -0.39 is 0 Å². The van der Waals surface area contributed by atoms with Gasteiger partial charge in [-0.25, -0.2) is 0 Å². The molecule has 3 rings (SSSR count). The van der Waals surface area contributed by atoms with Crippen molar-refractivity contribution in [2.24, 2.45) is 5.41 Å². The van der Waals surface area contributed by atoms with Gasteiger partial charge in [0.1, 0.15) is 5.78 Å². The topological polar surface area (TPSA) is 17.1 Å². The van der Waals surface area contributed by atoms with Gasteiger partial charge in [-0.2, -0.15) is 0 Å². The molecule has 18 heavy (non-hydrogen) atoms. The number of carbonyl (C=O) groups excluding carboxylic acids is 1. The van der Waals surface area contributed by atoms with E-state index >= 15 is 0 Å². The number of benzene rings is 1. The molecule has 0 N–H and O–H groups in total. The van der Waals surface area contributed by atoms with Gasteiger partial charge in [-0.3, -0.25) is 4.79 Å². The van der Waals surface area contributed by atoms with Gasteiger partial charge in [-0.15, -0.1) is 0 Å². The van der Waals surface area contributed by atoms with E-state index in [1.165, 1.54) is 30.4 Å². The lowest BCUT2D eigenvalue weighted by Crippen LogP contribution is -2.31. The second kappa shape index (κ2) is 4.53. The summed E-state index contributed by atoms with van der Waals surface area (Å²) in [5, 5.41) is 0. The molecule has 0 bridgehead atoms. The third-order valence-corrected chi connectivity index (χ3v) is 4.99. The fraction of sp³-hybridized carbons (Fsp3) is 0.588. The normalized spacial score (nSPS) is 25.7. The van der Waals surface area contributed by atoms with Gasteiger partial charge in [-0.1, -0.05) is 44.0 Å². The van der Waals surface area contributed by atoms with E-state index in [0.29, 0.717) is 5.78 Å². The van der Waals surface area contributed by atoms with Crippen LogP contribution in [0.25, 0.3) is 0 Å². The van der Waals surface area contributed by atoms with Gasteiger partial charge < -0.3 is 0 Å². The molecule has 1 heteroatoms. The van der Waals surface area contributed by atoms with Crippen LogP contribution < -0.4 is 0 Å². The number of carbonyl (C=O) groups is 1. The standard InChI is InChI=1S/C17H22O/c1-17(11-4-5-12-17)16(18)15-10-6-8-13-7-2-3-9-14(13)15/h2-3,7,9,15H,4-6,8,10-12H2,1H3. The lowest BCUT2D eigenvalue weighted by atomic mass is 9.71. The van der Waals surface area contributed by atoms with E-state index in [9.17, 15) is 4.79 Å². The fourth-order valence-electron chi connectivity index (χ4n) is 3.85. The number of rotatable bonds is 2. The smallest absolute Gasteiger partial charge is 0.146 e. The summed E-state index contributed by atoms with van der Waals surface area (Å²) in [6.45, 7) is 2.19. The number of Topliss-reactive ketones (excluding diaryl/α,β-unsaturated/α-hetero) is 1. The van der Waals surface area contributed by atoms with E-state index in [2.05, 4.69) is 31.2 Å². The maximum atomic E-state index is 12.9. The summed E-state index contributed by atoms with van der Waals surface area (Å²) in [6.07, 6.45) is 8.05. The number of hydrogen-bond acceptors (Lipinski definition) is 1. The predicted octanol–water partition coefficient (Wildman–Crippen LogP) is 4.26. The highest BCUT2D eigenvalue weighted by Crippen LogP contribution is 2.45. The van der Waals surface area contributed by atoms with Gasteiger partial charge >= 0.3 is 0 Å². The van der Waals surface area contributed by atoms with Crippen LogP contribution in [-0.2, 0) is 11.2 Å². The third-order valence-electron chi connectivity index (χ3n) is 4.99. The summed E-state index contributed by atoms with van der Waals surface area (Å²) < 4.78 is 0. The van der Waals surface area contributed by atoms with E-state index in [1.807, 2.05) is 0 Å². The molecule has 1 unspecified atom stereocenters. The van der Waals surface area contributed by atoms with Crippen LogP contribution in [0.5, 0.6) is 0 Å². The molecule has 0 saturated heterocycles. The molecule has 0 heterocycles. The van der Waals surface area contributed by atoms with Gasteiger partial charge in [0.05, 0.1) is 0 Å². The zero-order chi connectivity index (χ0) is 12.6. The molecule has 0 spiro atoms. The van der Waals surface area contributed by atoms with Crippen LogP contribution >= 0.6 is 0 Å². The van der Waals surface area contributed by atoms with Crippen LogP contribution in [0.2, 0.25) is 0 Å². The quantitative estimate of drug-likeness (QED) is 0.757. The molecular weight excluding hydrogens is 220 g/mol. The summed E-state index contributed by atoms with van der Waals surface area (Å²) in [4.78, 5) is 12.9. The minimum Gasteiger partial charge on any atom is -0.298 e. The Labute approximate surface area is 110 Å². The first-order valence-electron chi connectivity index (χ1n) is 7.33. The monoisotopic (exact) mass is 242 g/mol. The predicted molar refractivity (Wildman–Crippen MR) is 73.7 cm³/mol. The molecule has 1 atom stereocenters. The Morgan fingerprint density at radius 3 is 2.67 bits per heavy atom. The summed E-state index contributed by atoms with van der Waals surface area (Å²) in [7, 11) is 0. The maximum Gasteiger partial charge on any atom is 0.146 e. The minimum absolute atomic E-state index is 0.0326. The summed E-state index contributed by atoms with van der Waals surface area (Å²) in [5.74, 6) is 0.699. The van der Waals surface area contributed by atoms with Crippen LogP contribution in [0.4, 0.5) is 0 Å². The van der Waals surface area contributed by atoms with Crippen molar-refractivity contribution in [3.63, 3.8) is 0 Å². The van der Waals surface area contributed by atoms with Crippen molar-refractivity contribution in [3.8, 4) is 0 Å². The van der Waals surface area contributed by atoms with E-state index in [1.54, 1.807) is 0 Å².